The van der Waals surface area contributed by atoms with E-state index in [1.807, 2.05) is 7.05 Å². The van der Waals surface area contributed by atoms with Crippen molar-refractivity contribution in [3.8, 4) is 0 Å². The fraction of sp³-hybridized carbons (Fsp3) is 0.208. The average Bonchev–Trinajstić information content (AvgIpc) is 3.44. The Hall–Kier alpha value is -2.73. The van der Waals surface area contributed by atoms with Crippen molar-refractivity contribution >= 4 is 79.3 Å². The van der Waals surface area contributed by atoms with Crippen LogP contribution in [0.1, 0.15) is 12.8 Å². The zero-order valence-corrected chi connectivity index (χ0v) is 18.9. The molecule has 0 spiro atoms. The lowest BCUT2D eigenvalue weighted by molar-refractivity contribution is 0.612. The van der Waals surface area contributed by atoms with Crippen LogP contribution in [-0.2, 0) is 6.54 Å². The third-order valence-corrected chi connectivity index (χ3v) is 6.10. The molecule has 0 atom stereocenters. The molecule has 0 aliphatic rings. The molecule has 3 aromatic carbocycles. The number of aryl methyl sites for hydroxylation is 1. The molecule has 160 valence electrons. The molecule has 0 saturated heterocycles. The minimum Gasteiger partial charge on any atom is -0.339 e. The van der Waals surface area contributed by atoms with Gasteiger partial charge in [-0.05, 0) is 38.6 Å². The number of hydrogen-bond donors (Lipinski definition) is 3. The van der Waals surface area contributed by atoms with Gasteiger partial charge in [-0.25, -0.2) is 4.98 Å². The van der Waals surface area contributed by atoms with Gasteiger partial charge in [-0.3, -0.25) is 0 Å². The lowest BCUT2D eigenvalue weighted by Crippen LogP contribution is -2.08. The second-order valence-electron chi connectivity index (χ2n) is 7.76. The van der Waals surface area contributed by atoms with Gasteiger partial charge in [0.05, 0.1) is 22.1 Å². The number of para-hydroxylation sites is 2. The van der Waals surface area contributed by atoms with E-state index in [4.69, 9.17) is 4.98 Å². The molecule has 0 bridgehead atoms. The molecule has 0 fully saturated rings. The highest BCUT2D eigenvalue weighted by Crippen LogP contribution is 2.42. The Kier molecular flexibility index (Phi) is 5.84. The largest absolute Gasteiger partial charge is 0.339 e. The Morgan fingerprint density at radius 2 is 1.68 bits per heavy atom. The van der Waals surface area contributed by atoms with Gasteiger partial charge < -0.3 is 20.1 Å². The summed E-state index contributed by atoms with van der Waals surface area (Å²) >= 11 is 0. The molecule has 31 heavy (non-hydrogen) atoms. The fourth-order valence-electron chi connectivity index (χ4n) is 4.85. The van der Waals surface area contributed by atoms with Crippen molar-refractivity contribution in [2.75, 3.05) is 13.6 Å². The first-order chi connectivity index (χ1) is 14.4. The number of benzene rings is 3. The fourth-order valence-corrected chi connectivity index (χ4v) is 4.85. The number of aromatic nitrogens is 4. The zero-order chi connectivity index (χ0) is 19.4. The van der Waals surface area contributed by atoms with Crippen molar-refractivity contribution < 1.29 is 0 Å². The van der Waals surface area contributed by atoms with E-state index in [-0.39, 0.29) is 24.8 Å². The molecule has 5 nitrogen and oxygen atoms in total. The van der Waals surface area contributed by atoms with Gasteiger partial charge in [-0.1, -0.05) is 36.4 Å². The van der Waals surface area contributed by atoms with Gasteiger partial charge in [0.25, 0.3) is 0 Å². The van der Waals surface area contributed by atoms with E-state index in [1.165, 1.54) is 38.0 Å². The Balaban J connectivity index is 0.00000116. The highest BCUT2D eigenvalue weighted by Gasteiger charge is 2.21. The number of unbranched alkanes of at least 4 members (excludes halogenated alkanes) is 1. The minimum absolute atomic E-state index is 0. The maximum absolute atomic E-state index is 5.11. The van der Waals surface area contributed by atoms with E-state index < -0.39 is 0 Å². The number of nitrogens with one attached hydrogen (secondary N) is 3. The van der Waals surface area contributed by atoms with Crippen molar-refractivity contribution in [3.63, 3.8) is 0 Å². The molecule has 0 saturated carbocycles. The van der Waals surface area contributed by atoms with Crippen molar-refractivity contribution in [2.45, 2.75) is 19.4 Å². The summed E-state index contributed by atoms with van der Waals surface area (Å²) in [7, 11) is 2.02. The lowest BCUT2D eigenvalue weighted by atomic mass is 10.0. The molecule has 0 aliphatic heterocycles. The molecule has 7 heteroatoms. The number of H-pyrrole nitrogens is 2. The number of aromatic amines is 2. The molecule has 3 aromatic heterocycles. The number of fused-ring (bicyclic) bond motifs is 10. The van der Waals surface area contributed by atoms with Crippen LogP contribution >= 0.6 is 24.8 Å². The summed E-state index contributed by atoms with van der Waals surface area (Å²) in [5, 5.41) is 16.1. The lowest BCUT2D eigenvalue weighted by Gasteiger charge is -2.08. The first-order valence-corrected chi connectivity index (χ1v) is 10.3. The van der Waals surface area contributed by atoms with E-state index in [1.54, 1.807) is 0 Å². The zero-order valence-electron chi connectivity index (χ0n) is 17.2. The van der Waals surface area contributed by atoms with E-state index >= 15 is 0 Å². The molecule has 6 aromatic rings. The van der Waals surface area contributed by atoms with E-state index in [9.17, 15) is 0 Å². The predicted octanol–water partition coefficient (Wildman–Crippen LogP) is 6.15. The SMILES string of the molecule is CNCCCCn1c2ccccc2c2c3c[nH][nH]c3c3c4ccccc4nc3c21.Cl.Cl. The Morgan fingerprint density at radius 1 is 0.903 bits per heavy atom. The van der Waals surface area contributed by atoms with Gasteiger partial charge >= 0.3 is 0 Å². The van der Waals surface area contributed by atoms with Crippen LogP contribution in [-0.4, -0.2) is 33.3 Å². The molecule has 0 amide bonds. The van der Waals surface area contributed by atoms with Crippen LogP contribution in [0.3, 0.4) is 0 Å². The smallest absolute Gasteiger partial charge is 0.0981 e. The first kappa shape index (κ1) is 21.5. The molecule has 3 N–H and O–H groups in total. The second kappa shape index (κ2) is 8.42. The first-order valence-electron chi connectivity index (χ1n) is 10.3. The Bertz CT molecular complexity index is 1510. The molecule has 0 radical (unpaired) electrons. The average molecular weight is 454 g/mol. The maximum Gasteiger partial charge on any atom is 0.0981 e. The van der Waals surface area contributed by atoms with Gasteiger partial charge in [-0.2, -0.15) is 0 Å². The Morgan fingerprint density at radius 3 is 2.52 bits per heavy atom. The number of nitrogens with zero attached hydrogens (tertiary/aromatic N) is 2. The summed E-state index contributed by atoms with van der Waals surface area (Å²) < 4.78 is 2.49. The van der Waals surface area contributed by atoms with Crippen molar-refractivity contribution in [2.24, 2.45) is 0 Å². The second-order valence-corrected chi connectivity index (χ2v) is 7.76. The quantitative estimate of drug-likeness (QED) is 0.274. The number of hydrogen-bond acceptors (Lipinski definition) is 2. The standard InChI is InChI=1S/C24H23N5.2ClH/c1-25-12-6-7-13-29-19-11-5-3-9-16(19)20-17-14-26-28-22(17)21-15-8-2-4-10-18(15)27-23(21)24(20)29;;/h2-5,8-11,14,25-26,28H,6-7,12-13H2,1H3;2*1H. The highest BCUT2D eigenvalue weighted by molar-refractivity contribution is 6.34. The predicted molar refractivity (Wildman–Crippen MR) is 136 cm³/mol. The van der Waals surface area contributed by atoms with Crippen LogP contribution in [0, 0.1) is 0 Å². The molecular formula is C24H25Cl2N5. The van der Waals surface area contributed by atoms with E-state index in [2.05, 4.69) is 74.8 Å². The van der Waals surface area contributed by atoms with Gasteiger partial charge in [-0.15, -0.1) is 24.8 Å². The minimum atomic E-state index is 0. The van der Waals surface area contributed by atoms with Gasteiger partial charge in [0.2, 0.25) is 0 Å². The van der Waals surface area contributed by atoms with Crippen molar-refractivity contribution in [3.05, 3.63) is 54.7 Å². The van der Waals surface area contributed by atoms with Crippen LogP contribution in [0.4, 0.5) is 0 Å². The van der Waals surface area contributed by atoms with Crippen LogP contribution in [0.25, 0.3) is 54.5 Å². The summed E-state index contributed by atoms with van der Waals surface area (Å²) in [6, 6.07) is 17.2. The van der Waals surface area contributed by atoms with Crippen LogP contribution in [0.2, 0.25) is 0 Å². The monoisotopic (exact) mass is 453 g/mol. The summed E-state index contributed by atoms with van der Waals surface area (Å²) in [5.41, 5.74) is 5.82. The normalized spacial score (nSPS) is 11.5. The molecule has 0 aliphatic carbocycles. The Labute approximate surface area is 192 Å². The van der Waals surface area contributed by atoms with Crippen LogP contribution < -0.4 is 5.32 Å². The molecule has 6 rings (SSSR count). The number of halogens is 2. The summed E-state index contributed by atoms with van der Waals surface area (Å²) in [5.74, 6) is 0. The van der Waals surface area contributed by atoms with Crippen molar-refractivity contribution in [1.29, 1.82) is 0 Å². The van der Waals surface area contributed by atoms with Gasteiger partial charge in [0.1, 0.15) is 0 Å². The van der Waals surface area contributed by atoms with E-state index in [0.29, 0.717) is 0 Å². The third-order valence-electron chi connectivity index (χ3n) is 6.10. The summed E-state index contributed by atoms with van der Waals surface area (Å²) in [6.45, 7) is 2.03. The molecular weight excluding hydrogens is 429 g/mol. The van der Waals surface area contributed by atoms with E-state index in [0.717, 1.165) is 42.5 Å². The highest BCUT2D eigenvalue weighted by atomic mass is 35.5. The number of rotatable bonds is 5. The van der Waals surface area contributed by atoms with Crippen molar-refractivity contribution in [1.82, 2.24) is 25.1 Å². The molecule has 0 unspecified atom stereocenters. The summed E-state index contributed by atoms with van der Waals surface area (Å²) in [6.07, 6.45) is 4.38. The topological polar surface area (TPSA) is 61.4 Å². The molecule has 3 heterocycles. The van der Waals surface area contributed by atoms with Crippen LogP contribution in [0.5, 0.6) is 0 Å². The van der Waals surface area contributed by atoms with Crippen LogP contribution in [0.15, 0.2) is 54.7 Å². The van der Waals surface area contributed by atoms with Gasteiger partial charge in [0.15, 0.2) is 0 Å². The third kappa shape index (κ3) is 3.07. The maximum atomic E-state index is 5.11. The summed E-state index contributed by atoms with van der Waals surface area (Å²) in [4.78, 5) is 5.11. The van der Waals surface area contributed by atoms with Gasteiger partial charge in [0, 0.05) is 45.2 Å².